The smallest absolute Gasteiger partial charge is 0.0881 e. The summed E-state index contributed by atoms with van der Waals surface area (Å²) >= 11 is 0. The zero-order valence-electron chi connectivity index (χ0n) is 9.20. The maximum Gasteiger partial charge on any atom is 0.0881 e. The van der Waals surface area contributed by atoms with Crippen LogP contribution < -0.4 is 0 Å². The minimum atomic E-state index is 0.473. The van der Waals surface area contributed by atoms with Crippen LogP contribution in [0.1, 0.15) is 45.0 Å². The van der Waals surface area contributed by atoms with Gasteiger partial charge in [-0.1, -0.05) is 32.9 Å². The van der Waals surface area contributed by atoms with Gasteiger partial charge in [-0.15, -0.1) is 5.10 Å². The van der Waals surface area contributed by atoms with Crippen molar-refractivity contribution in [3.05, 3.63) is 11.4 Å². The second-order valence-corrected chi connectivity index (χ2v) is 4.29. The average Bonchev–Trinajstić information content (AvgIpc) is 2.32. The molecule has 1 heterocycles. The Morgan fingerprint density at radius 3 is 2.23 bits per heavy atom. The summed E-state index contributed by atoms with van der Waals surface area (Å²) in [5.41, 5.74) is 2.34. The first-order valence-electron chi connectivity index (χ1n) is 4.92. The Bertz CT molecular complexity index is 274. The lowest BCUT2D eigenvalue weighted by atomic mass is 10.1. The highest BCUT2D eigenvalue weighted by Crippen LogP contribution is 2.15. The standard InChI is InChI=1S/C10H19N3/c1-7(2)6-13-9(5)10(8(3)4)11-12-13/h7-8H,6H2,1-5H3. The Hall–Kier alpha value is -0.860. The summed E-state index contributed by atoms with van der Waals surface area (Å²) in [6.45, 7) is 11.7. The van der Waals surface area contributed by atoms with Crippen LogP contribution in [0.5, 0.6) is 0 Å². The van der Waals surface area contributed by atoms with Gasteiger partial charge in [-0.05, 0) is 18.8 Å². The highest BCUT2D eigenvalue weighted by Gasteiger charge is 2.11. The zero-order valence-corrected chi connectivity index (χ0v) is 9.20. The molecule has 0 aliphatic heterocycles. The van der Waals surface area contributed by atoms with Crippen molar-refractivity contribution in [1.29, 1.82) is 0 Å². The van der Waals surface area contributed by atoms with Crippen molar-refractivity contribution in [2.45, 2.75) is 47.1 Å². The molecule has 0 unspecified atom stereocenters. The molecule has 0 N–H and O–H groups in total. The summed E-state index contributed by atoms with van der Waals surface area (Å²) in [7, 11) is 0. The second-order valence-electron chi connectivity index (χ2n) is 4.29. The number of aromatic nitrogens is 3. The Morgan fingerprint density at radius 1 is 1.23 bits per heavy atom. The van der Waals surface area contributed by atoms with Gasteiger partial charge in [0.25, 0.3) is 0 Å². The molecule has 3 heteroatoms. The predicted molar refractivity (Wildman–Crippen MR) is 53.7 cm³/mol. The van der Waals surface area contributed by atoms with E-state index < -0.39 is 0 Å². The lowest BCUT2D eigenvalue weighted by molar-refractivity contribution is 0.464. The summed E-state index contributed by atoms with van der Waals surface area (Å²) in [6, 6.07) is 0. The van der Waals surface area contributed by atoms with Crippen LogP contribution in [0, 0.1) is 12.8 Å². The molecule has 0 aliphatic rings. The molecule has 0 bridgehead atoms. The maximum atomic E-state index is 4.18. The fraction of sp³-hybridized carbons (Fsp3) is 0.800. The summed E-state index contributed by atoms with van der Waals surface area (Å²) < 4.78 is 2.00. The lowest BCUT2D eigenvalue weighted by Gasteiger charge is -2.07. The molecule has 0 aliphatic carbocycles. The first-order valence-corrected chi connectivity index (χ1v) is 4.92. The van der Waals surface area contributed by atoms with Crippen molar-refractivity contribution in [3.63, 3.8) is 0 Å². The van der Waals surface area contributed by atoms with Gasteiger partial charge < -0.3 is 0 Å². The van der Waals surface area contributed by atoms with E-state index in [0.717, 1.165) is 12.2 Å². The number of hydrogen-bond donors (Lipinski definition) is 0. The van der Waals surface area contributed by atoms with Gasteiger partial charge in [0.15, 0.2) is 0 Å². The van der Waals surface area contributed by atoms with Crippen LogP contribution in [0.25, 0.3) is 0 Å². The molecule has 74 valence electrons. The number of hydrogen-bond acceptors (Lipinski definition) is 2. The molecular formula is C10H19N3. The minimum absolute atomic E-state index is 0.473. The van der Waals surface area contributed by atoms with Crippen LogP contribution in [0.3, 0.4) is 0 Å². The van der Waals surface area contributed by atoms with E-state index in [0.29, 0.717) is 11.8 Å². The normalized spacial score (nSPS) is 11.6. The maximum absolute atomic E-state index is 4.18. The van der Waals surface area contributed by atoms with E-state index in [4.69, 9.17) is 0 Å². The highest BCUT2D eigenvalue weighted by molar-refractivity contribution is 5.11. The van der Waals surface area contributed by atoms with E-state index in [2.05, 4.69) is 44.9 Å². The third-order valence-electron chi connectivity index (χ3n) is 2.10. The summed E-state index contributed by atoms with van der Waals surface area (Å²) in [5.74, 6) is 1.10. The Kier molecular flexibility index (Phi) is 3.07. The predicted octanol–water partition coefficient (Wildman–Crippen LogP) is 2.37. The molecule has 13 heavy (non-hydrogen) atoms. The molecule has 0 spiro atoms. The van der Waals surface area contributed by atoms with Crippen molar-refractivity contribution in [1.82, 2.24) is 15.0 Å². The molecule has 0 saturated heterocycles. The van der Waals surface area contributed by atoms with E-state index in [1.165, 1.54) is 5.69 Å². The van der Waals surface area contributed by atoms with Crippen LogP contribution in [-0.4, -0.2) is 15.0 Å². The van der Waals surface area contributed by atoms with E-state index in [9.17, 15) is 0 Å². The van der Waals surface area contributed by atoms with Crippen LogP contribution in [-0.2, 0) is 6.54 Å². The van der Waals surface area contributed by atoms with Gasteiger partial charge in [0.05, 0.1) is 11.4 Å². The largest absolute Gasteiger partial charge is 0.249 e. The molecule has 0 saturated carbocycles. The van der Waals surface area contributed by atoms with E-state index in [-0.39, 0.29) is 0 Å². The van der Waals surface area contributed by atoms with Gasteiger partial charge in [-0.3, -0.25) is 0 Å². The summed E-state index contributed by atoms with van der Waals surface area (Å²) in [6.07, 6.45) is 0. The molecule has 1 aromatic rings. The Morgan fingerprint density at radius 2 is 1.85 bits per heavy atom. The topological polar surface area (TPSA) is 30.7 Å². The minimum Gasteiger partial charge on any atom is -0.249 e. The molecule has 0 fully saturated rings. The fourth-order valence-corrected chi connectivity index (χ4v) is 1.43. The second kappa shape index (κ2) is 3.90. The zero-order chi connectivity index (χ0) is 10.0. The van der Waals surface area contributed by atoms with Crippen molar-refractivity contribution in [2.24, 2.45) is 5.92 Å². The summed E-state index contributed by atoms with van der Waals surface area (Å²) in [4.78, 5) is 0. The van der Waals surface area contributed by atoms with E-state index >= 15 is 0 Å². The molecule has 0 amide bonds. The molecular weight excluding hydrogens is 162 g/mol. The summed E-state index contributed by atoms with van der Waals surface area (Å²) in [5, 5.41) is 8.33. The van der Waals surface area contributed by atoms with Crippen LogP contribution in [0.4, 0.5) is 0 Å². The third-order valence-corrected chi connectivity index (χ3v) is 2.10. The van der Waals surface area contributed by atoms with Gasteiger partial charge >= 0.3 is 0 Å². The van der Waals surface area contributed by atoms with Gasteiger partial charge in [0.1, 0.15) is 0 Å². The van der Waals surface area contributed by atoms with Crippen molar-refractivity contribution in [2.75, 3.05) is 0 Å². The number of nitrogens with zero attached hydrogens (tertiary/aromatic N) is 3. The molecule has 0 radical (unpaired) electrons. The average molecular weight is 181 g/mol. The van der Waals surface area contributed by atoms with E-state index in [1.54, 1.807) is 0 Å². The fourth-order valence-electron chi connectivity index (χ4n) is 1.43. The van der Waals surface area contributed by atoms with Crippen molar-refractivity contribution >= 4 is 0 Å². The van der Waals surface area contributed by atoms with Crippen LogP contribution in [0.2, 0.25) is 0 Å². The van der Waals surface area contributed by atoms with Crippen LogP contribution in [0.15, 0.2) is 0 Å². The van der Waals surface area contributed by atoms with Crippen molar-refractivity contribution < 1.29 is 0 Å². The van der Waals surface area contributed by atoms with Crippen LogP contribution >= 0.6 is 0 Å². The molecule has 0 aromatic carbocycles. The van der Waals surface area contributed by atoms with Crippen molar-refractivity contribution in [3.8, 4) is 0 Å². The highest BCUT2D eigenvalue weighted by atomic mass is 15.4. The quantitative estimate of drug-likeness (QED) is 0.716. The van der Waals surface area contributed by atoms with Gasteiger partial charge in [-0.2, -0.15) is 0 Å². The number of rotatable bonds is 3. The Balaban J connectivity index is 2.86. The lowest BCUT2D eigenvalue weighted by Crippen LogP contribution is -2.08. The monoisotopic (exact) mass is 181 g/mol. The molecule has 1 aromatic heterocycles. The first kappa shape index (κ1) is 10.2. The van der Waals surface area contributed by atoms with Gasteiger partial charge in [0.2, 0.25) is 0 Å². The third kappa shape index (κ3) is 2.29. The molecule has 0 atom stereocenters. The molecule has 1 rings (SSSR count). The van der Waals surface area contributed by atoms with Gasteiger partial charge in [0, 0.05) is 6.54 Å². The van der Waals surface area contributed by atoms with Gasteiger partial charge in [-0.25, -0.2) is 4.68 Å². The SMILES string of the molecule is Cc1c(C(C)C)nnn1CC(C)C. The molecule has 3 nitrogen and oxygen atoms in total. The first-order chi connectivity index (χ1) is 6.02. The Labute approximate surface area is 80.1 Å². The van der Waals surface area contributed by atoms with E-state index in [1.807, 2.05) is 4.68 Å².